The Labute approximate surface area is 103 Å². The van der Waals surface area contributed by atoms with Crippen LogP contribution >= 0.6 is 0 Å². The van der Waals surface area contributed by atoms with Crippen LogP contribution in [0.3, 0.4) is 0 Å². The highest BCUT2D eigenvalue weighted by atomic mass is 15.3. The second kappa shape index (κ2) is 4.52. The molecule has 92 valence electrons. The fourth-order valence-corrected chi connectivity index (χ4v) is 2.85. The molecule has 0 aromatic carbocycles. The summed E-state index contributed by atoms with van der Waals surface area (Å²) in [6.07, 6.45) is 7.03. The van der Waals surface area contributed by atoms with Gasteiger partial charge in [-0.2, -0.15) is 10.4 Å². The highest BCUT2D eigenvalue weighted by molar-refractivity contribution is 4.98. The van der Waals surface area contributed by atoms with Crippen molar-refractivity contribution in [2.24, 2.45) is 17.3 Å². The molecule has 1 aliphatic rings. The second-order valence-electron chi connectivity index (χ2n) is 6.17. The van der Waals surface area contributed by atoms with Gasteiger partial charge in [0.15, 0.2) is 0 Å². The summed E-state index contributed by atoms with van der Waals surface area (Å²) < 4.78 is 1.98. The molecule has 3 heteroatoms. The topological polar surface area (TPSA) is 41.6 Å². The van der Waals surface area contributed by atoms with Gasteiger partial charge in [0.1, 0.15) is 0 Å². The maximum Gasteiger partial charge on any atom is 0.0688 e. The van der Waals surface area contributed by atoms with Crippen molar-refractivity contribution in [1.82, 2.24) is 9.78 Å². The van der Waals surface area contributed by atoms with Crippen LogP contribution in [-0.2, 0) is 0 Å². The molecule has 1 saturated carbocycles. The lowest BCUT2D eigenvalue weighted by Gasteiger charge is -2.39. The molecule has 0 N–H and O–H groups in total. The van der Waals surface area contributed by atoms with E-state index in [0.29, 0.717) is 11.3 Å². The summed E-state index contributed by atoms with van der Waals surface area (Å²) in [5.41, 5.74) is 0.325. The first-order valence-corrected chi connectivity index (χ1v) is 6.41. The summed E-state index contributed by atoms with van der Waals surface area (Å²) in [6.45, 7) is 6.89. The quantitative estimate of drug-likeness (QED) is 0.743. The normalized spacial score (nSPS) is 29.9. The Balaban J connectivity index is 2.19. The van der Waals surface area contributed by atoms with Gasteiger partial charge in [0.05, 0.1) is 18.0 Å². The molecule has 0 amide bonds. The number of nitrogens with zero attached hydrogens (tertiary/aromatic N) is 3. The van der Waals surface area contributed by atoms with E-state index < -0.39 is 0 Å². The molecular formula is C14H21N3. The van der Waals surface area contributed by atoms with E-state index in [4.69, 9.17) is 0 Å². The monoisotopic (exact) mass is 231 g/mol. The zero-order valence-electron chi connectivity index (χ0n) is 10.9. The number of rotatable bonds is 1. The Morgan fingerprint density at radius 1 is 1.35 bits per heavy atom. The van der Waals surface area contributed by atoms with Crippen molar-refractivity contribution in [1.29, 1.82) is 5.26 Å². The first kappa shape index (κ1) is 12.2. The Kier molecular flexibility index (Phi) is 3.24. The van der Waals surface area contributed by atoms with Crippen molar-refractivity contribution in [3.05, 3.63) is 18.5 Å². The fourth-order valence-electron chi connectivity index (χ4n) is 2.85. The molecule has 3 unspecified atom stereocenters. The smallest absolute Gasteiger partial charge is 0.0688 e. The molecule has 1 aromatic heterocycles. The molecule has 17 heavy (non-hydrogen) atoms. The van der Waals surface area contributed by atoms with Crippen LogP contribution in [0, 0.1) is 28.6 Å². The zero-order valence-corrected chi connectivity index (χ0v) is 10.9. The Bertz CT molecular complexity index is 394. The third kappa shape index (κ3) is 2.52. The third-order valence-electron chi connectivity index (χ3n) is 4.07. The average molecular weight is 231 g/mol. The number of nitriles is 1. The van der Waals surface area contributed by atoms with Gasteiger partial charge in [0.2, 0.25) is 0 Å². The summed E-state index contributed by atoms with van der Waals surface area (Å²) in [4.78, 5) is 0. The number of hydrogen-bond donors (Lipinski definition) is 0. The molecule has 0 saturated heterocycles. The van der Waals surface area contributed by atoms with Crippen LogP contribution in [0.4, 0.5) is 0 Å². The highest BCUT2D eigenvalue weighted by Crippen LogP contribution is 2.44. The molecule has 3 atom stereocenters. The van der Waals surface area contributed by atoms with Gasteiger partial charge in [-0.05, 0) is 36.7 Å². The third-order valence-corrected chi connectivity index (χ3v) is 4.07. The second-order valence-corrected chi connectivity index (χ2v) is 6.17. The van der Waals surface area contributed by atoms with Gasteiger partial charge in [0.25, 0.3) is 0 Å². The van der Waals surface area contributed by atoms with Gasteiger partial charge >= 0.3 is 0 Å². The number of aromatic nitrogens is 2. The molecule has 1 fully saturated rings. The Morgan fingerprint density at radius 3 is 2.65 bits per heavy atom. The molecule has 0 radical (unpaired) electrons. The predicted molar refractivity (Wildman–Crippen MR) is 67.2 cm³/mol. The maximum absolute atomic E-state index is 9.26. The van der Waals surface area contributed by atoms with Crippen molar-refractivity contribution < 1.29 is 0 Å². The van der Waals surface area contributed by atoms with E-state index in [1.807, 2.05) is 16.9 Å². The van der Waals surface area contributed by atoms with E-state index in [1.165, 1.54) is 6.42 Å². The molecule has 1 aliphatic carbocycles. The lowest BCUT2D eigenvalue weighted by Crippen LogP contribution is -2.33. The first-order valence-electron chi connectivity index (χ1n) is 6.41. The zero-order chi connectivity index (χ0) is 12.5. The average Bonchev–Trinajstić information content (AvgIpc) is 2.80. The standard InChI is InChI=1S/C14H21N3/c1-14(2,3)12-6-5-11(10-15)13(9-12)17-8-4-7-16-17/h4,7-8,11-13H,5-6,9H2,1-3H3. The van der Waals surface area contributed by atoms with Crippen LogP contribution in [0.15, 0.2) is 18.5 Å². The molecular weight excluding hydrogens is 210 g/mol. The molecule has 1 aromatic rings. The van der Waals surface area contributed by atoms with E-state index in [2.05, 4.69) is 31.9 Å². The van der Waals surface area contributed by atoms with E-state index in [1.54, 1.807) is 6.20 Å². The minimum atomic E-state index is 0.119. The highest BCUT2D eigenvalue weighted by Gasteiger charge is 2.36. The van der Waals surface area contributed by atoms with Crippen molar-refractivity contribution in [2.75, 3.05) is 0 Å². The Morgan fingerprint density at radius 2 is 2.12 bits per heavy atom. The van der Waals surface area contributed by atoms with E-state index in [0.717, 1.165) is 12.8 Å². The summed E-state index contributed by atoms with van der Waals surface area (Å²) in [6, 6.07) is 4.65. The molecule has 0 bridgehead atoms. The minimum Gasteiger partial charge on any atom is -0.268 e. The SMILES string of the molecule is CC(C)(C)C1CCC(C#N)C(n2cccn2)C1. The summed E-state index contributed by atoms with van der Waals surface area (Å²) >= 11 is 0. The number of hydrogen-bond acceptors (Lipinski definition) is 2. The van der Waals surface area contributed by atoms with Crippen molar-refractivity contribution in [2.45, 2.75) is 46.1 Å². The largest absolute Gasteiger partial charge is 0.268 e. The van der Waals surface area contributed by atoms with Crippen LogP contribution in [0.2, 0.25) is 0 Å². The lowest BCUT2D eigenvalue weighted by molar-refractivity contribution is 0.116. The molecule has 1 heterocycles. The van der Waals surface area contributed by atoms with E-state index >= 15 is 0 Å². The van der Waals surface area contributed by atoms with Crippen molar-refractivity contribution >= 4 is 0 Å². The van der Waals surface area contributed by atoms with Crippen LogP contribution in [-0.4, -0.2) is 9.78 Å². The Hall–Kier alpha value is -1.30. The summed E-state index contributed by atoms with van der Waals surface area (Å²) in [5.74, 6) is 0.801. The first-order chi connectivity index (χ1) is 8.02. The van der Waals surface area contributed by atoms with Gasteiger partial charge in [-0.1, -0.05) is 20.8 Å². The lowest BCUT2D eigenvalue weighted by atomic mass is 9.68. The van der Waals surface area contributed by atoms with E-state index in [-0.39, 0.29) is 12.0 Å². The van der Waals surface area contributed by atoms with Gasteiger partial charge in [0, 0.05) is 12.4 Å². The van der Waals surface area contributed by atoms with Crippen LogP contribution in [0.1, 0.15) is 46.1 Å². The molecule has 0 spiro atoms. The molecule has 0 aliphatic heterocycles. The van der Waals surface area contributed by atoms with Gasteiger partial charge in [-0.3, -0.25) is 4.68 Å². The predicted octanol–water partition coefficient (Wildman–Crippen LogP) is 3.41. The van der Waals surface area contributed by atoms with Crippen molar-refractivity contribution in [3.63, 3.8) is 0 Å². The van der Waals surface area contributed by atoms with E-state index in [9.17, 15) is 5.26 Å². The van der Waals surface area contributed by atoms with Crippen molar-refractivity contribution in [3.8, 4) is 6.07 Å². The van der Waals surface area contributed by atoms with Gasteiger partial charge < -0.3 is 0 Å². The van der Waals surface area contributed by atoms with Gasteiger partial charge in [-0.15, -0.1) is 0 Å². The van der Waals surface area contributed by atoms with Crippen LogP contribution in [0.5, 0.6) is 0 Å². The van der Waals surface area contributed by atoms with Crippen LogP contribution < -0.4 is 0 Å². The van der Waals surface area contributed by atoms with Crippen LogP contribution in [0.25, 0.3) is 0 Å². The fraction of sp³-hybridized carbons (Fsp3) is 0.714. The minimum absolute atomic E-state index is 0.119. The van der Waals surface area contributed by atoms with Gasteiger partial charge in [-0.25, -0.2) is 0 Å². The summed E-state index contributed by atoms with van der Waals surface area (Å²) in [7, 11) is 0. The molecule has 2 rings (SSSR count). The summed E-state index contributed by atoms with van der Waals surface area (Å²) in [5, 5.41) is 13.6. The maximum atomic E-state index is 9.26. The molecule has 3 nitrogen and oxygen atoms in total.